The second-order valence-corrected chi connectivity index (χ2v) is 1.88. The van der Waals surface area contributed by atoms with Gasteiger partial charge in [-0.25, -0.2) is 15.6 Å². The van der Waals surface area contributed by atoms with Crippen LogP contribution in [-0.4, -0.2) is 16.1 Å². The predicted octanol–water partition coefficient (Wildman–Crippen LogP) is 0.227. The molecule has 0 aliphatic heterocycles. The van der Waals surface area contributed by atoms with E-state index in [4.69, 9.17) is 10.9 Å². The fourth-order valence-electron chi connectivity index (χ4n) is 0.606. The molecular formula is C6H10N4O2. The van der Waals surface area contributed by atoms with E-state index in [0.717, 1.165) is 0 Å². The number of nitrogen functional groups attached to an aromatic ring is 1. The maximum absolute atomic E-state index is 10.3. The Hall–Kier alpha value is -1.66. The Bertz CT molecular complexity index is 259. The summed E-state index contributed by atoms with van der Waals surface area (Å²) in [4.78, 5) is 14.0. The minimum absolute atomic E-state index is 0. The molecule has 12 heavy (non-hydrogen) atoms. The summed E-state index contributed by atoms with van der Waals surface area (Å²) in [6.07, 6.45) is 1.23. The lowest BCUT2D eigenvalue weighted by Gasteiger charge is -1.97. The van der Waals surface area contributed by atoms with E-state index in [1.54, 1.807) is 0 Å². The smallest absolute Gasteiger partial charge is 0.337 e. The first-order valence-electron chi connectivity index (χ1n) is 2.90. The Kier molecular flexibility index (Phi) is 3.68. The van der Waals surface area contributed by atoms with Gasteiger partial charge >= 0.3 is 5.97 Å². The maximum atomic E-state index is 10.3. The molecule has 1 aromatic rings. The number of nitrogens with two attached hydrogens (primary N) is 1. The summed E-state index contributed by atoms with van der Waals surface area (Å²) in [7, 11) is 0. The first-order valence-corrected chi connectivity index (χ1v) is 2.90. The summed E-state index contributed by atoms with van der Waals surface area (Å²) in [6.45, 7) is 0. The number of carboxylic acid groups (broad SMARTS) is 1. The van der Waals surface area contributed by atoms with Crippen LogP contribution in [0.2, 0.25) is 0 Å². The average Bonchev–Trinajstić information content (AvgIpc) is 2.05. The Labute approximate surface area is 69.0 Å². The van der Waals surface area contributed by atoms with Crippen molar-refractivity contribution in [3.63, 3.8) is 0 Å². The van der Waals surface area contributed by atoms with Crippen molar-refractivity contribution >= 4 is 11.8 Å². The van der Waals surface area contributed by atoms with Crippen molar-refractivity contribution in [3.05, 3.63) is 23.9 Å². The van der Waals surface area contributed by atoms with Gasteiger partial charge in [0.1, 0.15) is 5.82 Å². The van der Waals surface area contributed by atoms with Crippen LogP contribution in [0.5, 0.6) is 0 Å². The van der Waals surface area contributed by atoms with Gasteiger partial charge in [-0.1, -0.05) is 0 Å². The molecule has 66 valence electrons. The van der Waals surface area contributed by atoms with Crippen LogP contribution >= 0.6 is 0 Å². The van der Waals surface area contributed by atoms with Gasteiger partial charge in [0.25, 0.3) is 0 Å². The van der Waals surface area contributed by atoms with E-state index < -0.39 is 5.97 Å². The molecule has 0 bridgehead atoms. The van der Waals surface area contributed by atoms with Gasteiger partial charge < -0.3 is 16.7 Å². The lowest BCUT2D eigenvalue weighted by molar-refractivity contribution is 0.0696. The summed E-state index contributed by atoms with van der Waals surface area (Å²) in [5, 5.41) is 8.46. The summed E-state index contributed by atoms with van der Waals surface area (Å²) >= 11 is 0. The number of hydrogen-bond donors (Lipinski definition) is 4. The number of carbonyl (C=O) groups is 1. The number of anilines is 1. The summed E-state index contributed by atoms with van der Waals surface area (Å²) in [5.41, 5.74) is 2.43. The monoisotopic (exact) mass is 170 g/mol. The highest BCUT2D eigenvalue weighted by Gasteiger charge is 2.00. The van der Waals surface area contributed by atoms with Crippen molar-refractivity contribution in [1.29, 1.82) is 0 Å². The van der Waals surface area contributed by atoms with Crippen molar-refractivity contribution in [2.24, 2.45) is 5.84 Å². The van der Waals surface area contributed by atoms with E-state index in [9.17, 15) is 4.79 Å². The van der Waals surface area contributed by atoms with Crippen molar-refractivity contribution in [2.45, 2.75) is 0 Å². The number of pyridine rings is 1. The van der Waals surface area contributed by atoms with E-state index in [1.165, 1.54) is 18.3 Å². The molecule has 6 heteroatoms. The van der Waals surface area contributed by atoms with Crippen LogP contribution in [-0.2, 0) is 0 Å². The molecule has 0 aliphatic carbocycles. The first kappa shape index (κ1) is 10.3. The van der Waals surface area contributed by atoms with Crippen molar-refractivity contribution in [3.8, 4) is 0 Å². The van der Waals surface area contributed by atoms with Gasteiger partial charge in [-0.2, -0.15) is 0 Å². The van der Waals surface area contributed by atoms with Gasteiger partial charge in [0.2, 0.25) is 0 Å². The third-order valence-corrected chi connectivity index (χ3v) is 1.16. The summed E-state index contributed by atoms with van der Waals surface area (Å²) in [5.74, 6) is 4.46. The number of nitrogens with zero attached hydrogens (tertiary/aromatic N) is 1. The maximum Gasteiger partial charge on any atom is 0.337 e. The molecule has 0 saturated heterocycles. The zero-order valence-corrected chi connectivity index (χ0v) is 6.32. The van der Waals surface area contributed by atoms with E-state index >= 15 is 0 Å². The molecule has 0 aromatic carbocycles. The van der Waals surface area contributed by atoms with Gasteiger partial charge in [-0.05, 0) is 12.1 Å². The van der Waals surface area contributed by atoms with Crippen LogP contribution in [0.15, 0.2) is 18.3 Å². The quantitative estimate of drug-likeness (QED) is 0.372. The fourth-order valence-corrected chi connectivity index (χ4v) is 0.606. The topological polar surface area (TPSA) is 123 Å². The molecular weight excluding hydrogens is 160 g/mol. The van der Waals surface area contributed by atoms with Crippen LogP contribution in [0.25, 0.3) is 0 Å². The minimum atomic E-state index is -0.999. The molecule has 0 aliphatic rings. The van der Waals surface area contributed by atoms with Crippen LogP contribution in [0, 0.1) is 0 Å². The van der Waals surface area contributed by atoms with E-state index in [2.05, 4.69) is 10.4 Å². The molecule has 0 saturated carbocycles. The Morgan fingerprint density at radius 2 is 2.25 bits per heavy atom. The summed E-state index contributed by atoms with van der Waals surface area (Å²) < 4.78 is 0. The van der Waals surface area contributed by atoms with Crippen molar-refractivity contribution in [1.82, 2.24) is 11.1 Å². The molecule has 0 fully saturated rings. The Morgan fingerprint density at radius 3 is 2.58 bits per heavy atom. The third kappa shape index (κ3) is 2.19. The molecule has 0 unspecified atom stereocenters. The zero-order chi connectivity index (χ0) is 8.27. The zero-order valence-electron chi connectivity index (χ0n) is 6.32. The van der Waals surface area contributed by atoms with Gasteiger partial charge in [0, 0.05) is 6.20 Å². The van der Waals surface area contributed by atoms with Crippen LogP contribution in [0.1, 0.15) is 10.4 Å². The Morgan fingerprint density at radius 1 is 1.58 bits per heavy atom. The van der Waals surface area contributed by atoms with Gasteiger partial charge in [0.05, 0.1) is 5.56 Å². The lowest BCUT2D eigenvalue weighted by Crippen LogP contribution is -2.08. The predicted molar refractivity (Wildman–Crippen MR) is 44.0 cm³/mol. The molecule has 0 amide bonds. The average molecular weight is 170 g/mol. The number of hydrazine groups is 1. The largest absolute Gasteiger partial charge is 0.478 e. The van der Waals surface area contributed by atoms with Crippen LogP contribution in [0.4, 0.5) is 5.82 Å². The highest BCUT2D eigenvalue weighted by Crippen LogP contribution is 2.02. The highest BCUT2D eigenvalue weighted by atomic mass is 16.4. The molecule has 0 radical (unpaired) electrons. The third-order valence-electron chi connectivity index (χ3n) is 1.16. The molecule has 0 atom stereocenters. The number of aromatic carboxylic acids is 1. The number of rotatable bonds is 2. The number of hydrogen-bond acceptors (Lipinski definition) is 5. The standard InChI is InChI=1S/C6H7N3O2.H3N/c7-9-5-2-1-4(3-8-5)6(10)11;/h1-3H,7H2,(H,8,9)(H,10,11);1H3. The van der Waals surface area contributed by atoms with E-state index in [-0.39, 0.29) is 11.7 Å². The second kappa shape index (κ2) is 4.27. The SMILES string of the molecule is N.NNc1ccc(C(=O)O)cn1. The molecule has 7 N–H and O–H groups in total. The van der Waals surface area contributed by atoms with E-state index in [0.29, 0.717) is 5.82 Å². The van der Waals surface area contributed by atoms with Crippen molar-refractivity contribution in [2.75, 3.05) is 5.43 Å². The lowest BCUT2D eigenvalue weighted by atomic mass is 10.3. The molecule has 1 heterocycles. The highest BCUT2D eigenvalue weighted by molar-refractivity contribution is 5.87. The molecule has 1 rings (SSSR count). The molecule has 1 aromatic heterocycles. The first-order chi connectivity index (χ1) is 5.24. The normalized spacial score (nSPS) is 8.42. The summed E-state index contributed by atoms with van der Waals surface area (Å²) in [6, 6.07) is 2.91. The van der Waals surface area contributed by atoms with Crippen LogP contribution < -0.4 is 17.4 Å². The van der Waals surface area contributed by atoms with Crippen LogP contribution in [0.3, 0.4) is 0 Å². The van der Waals surface area contributed by atoms with E-state index in [1.807, 2.05) is 0 Å². The van der Waals surface area contributed by atoms with Gasteiger partial charge in [-0.3, -0.25) is 0 Å². The fraction of sp³-hybridized carbons (Fsp3) is 0. The number of aromatic nitrogens is 1. The minimum Gasteiger partial charge on any atom is -0.478 e. The van der Waals surface area contributed by atoms with Crippen molar-refractivity contribution < 1.29 is 9.90 Å². The number of carboxylic acids is 1. The van der Waals surface area contributed by atoms with Gasteiger partial charge in [0.15, 0.2) is 0 Å². The molecule has 6 nitrogen and oxygen atoms in total. The molecule has 0 spiro atoms. The van der Waals surface area contributed by atoms with Gasteiger partial charge in [-0.15, -0.1) is 0 Å². The Balaban J connectivity index is 0.00000121. The number of nitrogens with one attached hydrogen (secondary N) is 1. The second-order valence-electron chi connectivity index (χ2n) is 1.88.